The van der Waals surface area contributed by atoms with E-state index in [1.165, 1.54) is 0 Å². The van der Waals surface area contributed by atoms with Crippen molar-refractivity contribution in [1.29, 1.82) is 0 Å². The Labute approximate surface area is 83.6 Å². The first-order valence-corrected chi connectivity index (χ1v) is 4.51. The van der Waals surface area contributed by atoms with Gasteiger partial charge in [-0.05, 0) is 6.92 Å². The van der Waals surface area contributed by atoms with E-state index in [9.17, 15) is 0 Å². The Balaban J connectivity index is 2.06. The molecule has 0 aromatic carbocycles. The molecule has 1 atom stereocenters. The smallest absolute Gasteiger partial charge is 0.157 e. The lowest BCUT2D eigenvalue weighted by atomic mass is 10.7. The summed E-state index contributed by atoms with van der Waals surface area (Å²) in [5.74, 6) is 0. The number of nitrogens with zero attached hydrogens (tertiary/aromatic N) is 2. The average Bonchev–Trinajstić information content (AvgIpc) is 2.68. The fraction of sp³-hybridized carbons (Fsp3) is 0.667. The average molecular weight is 200 g/mol. The minimum atomic E-state index is -0.229. The summed E-state index contributed by atoms with van der Waals surface area (Å²) in [6, 6.07) is 0. The van der Waals surface area contributed by atoms with E-state index in [0.717, 1.165) is 0 Å². The summed E-state index contributed by atoms with van der Waals surface area (Å²) in [5, 5.41) is 0. The molecule has 80 valence electrons. The molecule has 5 heteroatoms. The Kier molecular flexibility index (Phi) is 5.21. The summed E-state index contributed by atoms with van der Waals surface area (Å²) < 4.78 is 17.4. The molecule has 1 unspecified atom stereocenters. The maximum absolute atomic E-state index is 5.38. The van der Waals surface area contributed by atoms with Crippen LogP contribution in [0.1, 0.15) is 6.92 Å². The molecular formula is C9H16N2O3. The van der Waals surface area contributed by atoms with E-state index in [-0.39, 0.29) is 6.29 Å². The second kappa shape index (κ2) is 6.53. The number of methoxy groups -OCH3 is 1. The largest absolute Gasteiger partial charge is 0.382 e. The summed E-state index contributed by atoms with van der Waals surface area (Å²) in [6.45, 7) is 3.43. The van der Waals surface area contributed by atoms with Crippen molar-refractivity contribution in [3.05, 3.63) is 18.7 Å². The molecule has 1 rings (SSSR count). The normalized spacial score (nSPS) is 13.0. The first-order valence-electron chi connectivity index (χ1n) is 4.51. The molecule has 0 radical (unpaired) electrons. The van der Waals surface area contributed by atoms with Gasteiger partial charge >= 0.3 is 0 Å². The zero-order chi connectivity index (χ0) is 10.2. The molecule has 0 aliphatic rings. The van der Waals surface area contributed by atoms with Crippen LogP contribution in [0.25, 0.3) is 0 Å². The summed E-state index contributed by atoms with van der Waals surface area (Å²) >= 11 is 0. The summed E-state index contributed by atoms with van der Waals surface area (Å²) in [7, 11) is 1.64. The van der Waals surface area contributed by atoms with Gasteiger partial charge in [-0.1, -0.05) is 0 Å². The van der Waals surface area contributed by atoms with Gasteiger partial charge in [0.1, 0.15) is 6.73 Å². The molecule has 1 heterocycles. The second-order valence-electron chi connectivity index (χ2n) is 2.80. The van der Waals surface area contributed by atoms with Crippen LogP contribution in [0.15, 0.2) is 18.7 Å². The lowest BCUT2D eigenvalue weighted by Gasteiger charge is -2.13. The van der Waals surface area contributed by atoms with Gasteiger partial charge in [0, 0.05) is 19.5 Å². The van der Waals surface area contributed by atoms with Gasteiger partial charge in [-0.15, -0.1) is 0 Å². The zero-order valence-electron chi connectivity index (χ0n) is 8.55. The van der Waals surface area contributed by atoms with E-state index in [1.807, 2.05) is 17.7 Å². The van der Waals surface area contributed by atoms with Crippen molar-refractivity contribution in [1.82, 2.24) is 9.55 Å². The predicted octanol–water partition coefficient (Wildman–Crippen LogP) is 0.866. The Morgan fingerprint density at radius 2 is 2.21 bits per heavy atom. The molecule has 5 nitrogen and oxygen atoms in total. The van der Waals surface area contributed by atoms with Crippen LogP contribution in [-0.4, -0.2) is 36.2 Å². The summed E-state index contributed by atoms with van der Waals surface area (Å²) in [5.41, 5.74) is 0. The first kappa shape index (κ1) is 11.2. The molecule has 14 heavy (non-hydrogen) atoms. The highest BCUT2D eigenvalue weighted by Crippen LogP contribution is 1.96. The van der Waals surface area contributed by atoms with Crippen molar-refractivity contribution in [3.63, 3.8) is 0 Å². The maximum Gasteiger partial charge on any atom is 0.157 e. The Morgan fingerprint density at radius 1 is 1.36 bits per heavy atom. The highest BCUT2D eigenvalue weighted by Gasteiger charge is 2.01. The number of aromatic nitrogens is 2. The van der Waals surface area contributed by atoms with Crippen LogP contribution in [-0.2, 0) is 20.9 Å². The standard InChI is InChI=1S/C9H16N2O3/c1-9(13-6-5-12-2)14-8-11-4-3-10-7-11/h3-4,7,9H,5-6,8H2,1-2H3. The fourth-order valence-electron chi connectivity index (χ4n) is 0.900. The number of hydrogen-bond donors (Lipinski definition) is 0. The zero-order valence-corrected chi connectivity index (χ0v) is 8.55. The van der Waals surface area contributed by atoms with E-state index in [1.54, 1.807) is 19.6 Å². The molecule has 0 bridgehead atoms. The van der Waals surface area contributed by atoms with Gasteiger partial charge in [0.25, 0.3) is 0 Å². The van der Waals surface area contributed by atoms with Gasteiger partial charge in [0.05, 0.1) is 19.5 Å². The van der Waals surface area contributed by atoms with Crippen molar-refractivity contribution < 1.29 is 14.2 Å². The van der Waals surface area contributed by atoms with Crippen LogP contribution in [0, 0.1) is 0 Å². The molecular weight excluding hydrogens is 184 g/mol. The monoisotopic (exact) mass is 200 g/mol. The van der Waals surface area contributed by atoms with E-state index < -0.39 is 0 Å². The number of hydrogen-bond acceptors (Lipinski definition) is 4. The Hall–Kier alpha value is -0.910. The second-order valence-corrected chi connectivity index (χ2v) is 2.80. The Morgan fingerprint density at radius 3 is 2.86 bits per heavy atom. The van der Waals surface area contributed by atoms with Crippen molar-refractivity contribution in [3.8, 4) is 0 Å². The van der Waals surface area contributed by atoms with Gasteiger partial charge in [-0.2, -0.15) is 0 Å². The third-order valence-electron chi connectivity index (χ3n) is 1.66. The molecule has 0 amide bonds. The van der Waals surface area contributed by atoms with Crippen LogP contribution < -0.4 is 0 Å². The van der Waals surface area contributed by atoms with Gasteiger partial charge < -0.3 is 18.8 Å². The fourth-order valence-corrected chi connectivity index (χ4v) is 0.900. The van der Waals surface area contributed by atoms with Crippen LogP contribution in [0.3, 0.4) is 0 Å². The van der Waals surface area contributed by atoms with Crippen molar-refractivity contribution in [2.24, 2.45) is 0 Å². The van der Waals surface area contributed by atoms with Crippen LogP contribution in [0.5, 0.6) is 0 Å². The molecule has 0 fully saturated rings. The van der Waals surface area contributed by atoms with E-state index in [2.05, 4.69) is 4.98 Å². The summed E-state index contributed by atoms with van der Waals surface area (Å²) in [4.78, 5) is 3.90. The minimum absolute atomic E-state index is 0.229. The molecule has 0 spiro atoms. The molecule has 0 N–H and O–H groups in total. The molecule has 0 saturated carbocycles. The van der Waals surface area contributed by atoms with Gasteiger partial charge in [-0.3, -0.25) is 0 Å². The molecule has 1 aromatic heterocycles. The minimum Gasteiger partial charge on any atom is -0.382 e. The predicted molar refractivity (Wildman–Crippen MR) is 50.6 cm³/mol. The Bertz CT molecular complexity index is 226. The topological polar surface area (TPSA) is 45.5 Å². The molecule has 1 aromatic rings. The molecule has 0 aliphatic carbocycles. The quantitative estimate of drug-likeness (QED) is 0.484. The van der Waals surface area contributed by atoms with Crippen LogP contribution >= 0.6 is 0 Å². The molecule has 0 aliphatic heterocycles. The van der Waals surface area contributed by atoms with E-state index in [0.29, 0.717) is 19.9 Å². The number of imidazole rings is 1. The third kappa shape index (κ3) is 4.36. The van der Waals surface area contributed by atoms with Gasteiger partial charge in [-0.25, -0.2) is 4.98 Å². The lowest BCUT2D eigenvalue weighted by molar-refractivity contribution is -0.157. The van der Waals surface area contributed by atoms with Crippen LogP contribution in [0.4, 0.5) is 0 Å². The van der Waals surface area contributed by atoms with Gasteiger partial charge in [0.2, 0.25) is 0 Å². The molecule has 0 saturated heterocycles. The number of ether oxygens (including phenoxy) is 3. The lowest BCUT2D eigenvalue weighted by Crippen LogP contribution is -2.17. The van der Waals surface area contributed by atoms with E-state index in [4.69, 9.17) is 14.2 Å². The van der Waals surface area contributed by atoms with Crippen molar-refractivity contribution in [2.75, 3.05) is 20.3 Å². The SMILES string of the molecule is COCCOC(C)OCn1ccnc1. The number of rotatable bonds is 7. The highest BCUT2D eigenvalue weighted by molar-refractivity contribution is 4.71. The summed E-state index contributed by atoms with van der Waals surface area (Å²) in [6.07, 6.45) is 5.01. The van der Waals surface area contributed by atoms with Gasteiger partial charge in [0.15, 0.2) is 6.29 Å². The van der Waals surface area contributed by atoms with E-state index >= 15 is 0 Å². The highest BCUT2D eigenvalue weighted by atomic mass is 16.7. The maximum atomic E-state index is 5.38. The van der Waals surface area contributed by atoms with Crippen molar-refractivity contribution >= 4 is 0 Å². The first-order chi connectivity index (χ1) is 6.83. The van der Waals surface area contributed by atoms with Crippen molar-refractivity contribution in [2.45, 2.75) is 19.9 Å². The van der Waals surface area contributed by atoms with Crippen LogP contribution in [0.2, 0.25) is 0 Å². The third-order valence-corrected chi connectivity index (χ3v) is 1.66.